The van der Waals surface area contributed by atoms with Crippen molar-refractivity contribution in [1.29, 1.82) is 0 Å². The number of rotatable bonds is 6. The second-order valence-electron chi connectivity index (χ2n) is 4.13. The summed E-state index contributed by atoms with van der Waals surface area (Å²) in [5, 5.41) is 22.9. The highest BCUT2D eigenvalue weighted by Gasteiger charge is 2.12. The van der Waals surface area contributed by atoms with E-state index in [0.717, 1.165) is 0 Å². The Morgan fingerprint density at radius 2 is 2.00 bits per heavy atom. The van der Waals surface area contributed by atoms with Crippen molar-refractivity contribution in [3.8, 4) is 0 Å². The lowest BCUT2D eigenvalue weighted by molar-refractivity contribution is 0.168. The average Bonchev–Trinajstić information content (AvgIpc) is 2.31. The van der Waals surface area contributed by atoms with Gasteiger partial charge in [-0.15, -0.1) is 0 Å². The van der Waals surface area contributed by atoms with Gasteiger partial charge < -0.3 is 15.5 Å². The highest BCUT2D eigenvalue weighted by atomic mass is 35.5. The average molecular weight is 278 g/mol. The lowest BCUT2D eigenvalue weighted by Crippen LogP contribution is -2.27. The Kier molecular flexibility index (Phi) is 6.23. The number of hydrogen-bond acceptors (Lipinski definition) is 3. The number of benzene rings is 1. The first kappa shape index (κ1) is 14.7. The number of hydrogen-bond donors (Lipinski definition) is 3. The van der Waals surface area contributed by atoms with Gasteiger partial charge in [0.15, 0.2) is 0 Å². The number of aliphatic hydroxyl groups excluding tert-OH is 2. The predicted octanol–water partition coefficient (Wildman–Crippen LogP) is 2.24. The molecule has 2 atom stereocenters. The van der Waals surface area contributed by atoms with Crippen LogP contribution < -0.4 is 5.32 Å². The number of nitrogens with one attached hydrogen (secondary N) is 1. The summed E-state index contributed by atoms with van der Waals surface area (Å²) < 4.78 is 0. The molecule has 0 aliphatic carbocycles. The third-order valence-corrected chi connectivity index (χ3v) is 3.04. The maximum atomic E-state index is 9.94. The van der Waals surface area contributed by atoms with Crippen LogP contribution in [0.2, 0.25) is 10.0 Å². The molecule has 3 nitrogen and oxygen atoms in total. The van der Waals surface area contributed by atoms with Crippen LogP contribution in [-0.2, 0) is 0 Å². The Morgan fingerprint density at radius 3 is 2.65 bits per heavy atom. The fourth-order valence-corrected chi connectivity index (χ4v) is 1.83. The lowest BCUT2D eigenvalue weighted by Gasteiger charge is -2.15. The zero-order chi connectivity index (χ0) is 12.8. The molecule has 0 aliphatic heterocycles. The lowest BCUT2D eigenvalue weighted by atomic mass is 10.1. The highest BCUT2D eigenvalue weighted by molar-refractivity contribution is 6.33. The normalized spacial score (nSPS) is 14.6. The molecule has 1 rings (SSSR count). The highest BCUT2D eigenvalue weighted by Crippen LogP contribution is 2.25. The Hall–Kier alpha value is -0.320. The van der Waals surface area contributed by atoms with Crippen molar-refractivity contribution in [2.75, 3.05) is 19.7 Å². The summed E-state index contributed by atoms with van der Waals surface area (Å²) in [7, 11) is 0. The van der Waals surface area contributed by atoms with Crippen molar-refractivity contribution in [1.82, 2.24) is 5.32 Å². The third kappa shape index (κ3) is 4.82. The van der Waals surface area contributed by atoms with E-state index in [1.54, 1.807) is 18.2 Å². The van der Waals surface area contributed by atoms with Crippen LogP contribution in [0.25, 0.3) is 0 Å². The van der Waals surface area contributed by atoms with Crippen molar-refractivity contribution in [2.24, 2.45) is 5.92 Å². The summed E-state index contributed by atoms with van der Waals surface area (Å²) in [6.45, 7) is 3.07. The second-order valence-corrected chi connectivity index (χ2v) is 4.97. The van der Waals surface area contributed by atoms with Crippen LogP contribution in [0.15, 0.2) is 18.2 Å². The van der Waals surface area contributed by atoms with Crippen LogP contribution in [0.3, 0.4) is 0 Å². The van der Waals surface area contributed by atoms with E-state index in [0.29, 0.717) is 28.7 Å². The molecule has 0 amide bonds. The minimum Gasteiger partial charge on any atom is -0.396 e. The van der Waals surface area contributed by atoms with E-state index in [2.05, 4.69) is 5.32 Å². The summed E-state index contributed by atoms with van der Waals surface area (Å²) in [5.74, 6) is 0.164. The van der Waals surface area contributed by atoms with Crippen LogP contribution in [0.5, 0.6) is 0 Å². The SMILES string of the molecule is CC(CO)CNCC(O)c1cc(Cl)ccc1Cl. The van der Waals surface area contributed by atoms with Crippen molar-refractivity contribution in [3.05, 3.63) is 33.8 Å². The van der Waals surface area contributed by atoms with Crippen molar-refractivity contribution >= 4 is 23.2 Å². The van der Waals surface area contributed by atoms with Gasteiger partial charge in [0.25, 0.3) is 0 Å². The summed E-state index contributed by atoms with van der Waals surface area (Å²) in [5.41, 5.74) is 0.614. The fourth-order valence-electron chi connectivity index (χ4n) is 1.41. The van der Waals surface area contributed by atoms with Crippen LogP contribution in [-0.4, -0.2) is 29.9 Å². The van der Waals surface area contributed by atoms with Gasteiger partial charge >= 0.3 is 0 Å². The molecule has 3 N–H and O–H groups in total. The minimum absolute atomic E-state index is 0.126. The molecule has 0 aliphatic rings. The first-order valence-electron chi connectivity index (χ1n) is 5.49. The van der Waals surface area contributed by atoms with Gasteiger partial charge in [0.1, 0.15) is 0 Å². The van der Waals surface area contributed by atoms with Gasteiger partial charge in [-0.25, -0.2) is 0 Å². The molecular formula is C12H17Cl2NO2. The van der Waals surface area contributed by atoms with Gasteiger partial charge in [-0.1, -0.05) is 30.1 Å². The van der Waals surface area contributed by atoms with E-state index in [9.17, 15) is 5.11 Å². The van der Waals surface area contributed by atoms with Gasteiger partial charge in [-0.2, -0.15) is 0 Å². The van der Waals surface area contributed by atoms with Crippen LogP contribution in [0.1, 0.15) is 18.6 Å². The van der Waals surface area contributed by atoms with Gasteiger partial charge in [0, 0.05) is 28.8 Å². The van der Waals surface area contributed by atoms with Crippen molar-refractivity contribution < 1.29 is 10.2 Å². The van der Waals surface area contributed by atoms with E-state index in [-0.39, 0.29) is 12.5 Å². The first-order valence-corrected chi connectivity index (χ1v) is 6.24. The molecule has 0 aromatic heterocycles. The van der Waals surface area contributed by atoms with E-state index in [1.165, 1.54) is 0 Å². The van der Waals surface area contributed by atoms with Crippen LogP contribution in [0, 0.1) is 5.92 Å². The molecule has 0 radical (unpaired) electrons. The zero-order valence-corrected chi connectivity index (χ0v) is 11.2. The maximum Gasteiger partial charge on any atom is 0.0929 e. The van der Waals surface area contributed by atoms with Gasteiger partial charge in [0.05, 0.1) is 6.10 Å². The Balaban J connectivity index is 2.52. The molecule has 96 valence electrons. The smallest absolute Gasteiger partial charge is 0.0929 e. The molecule has 0 saturated heterocycles. The quantitative estimate of drug-likeness (QED) is 0.748. The standard InChI is InChI=1S/C12H17Cl2NO2/c1-8(7-16)5-15-6-12(17)10-4-9(13)2-3-11(10)14/h2-4,8,12,15-17H,5-7H2,1H3. The topological polar surface area (TPSA) is 52.5 Å². The molecule has 0 saturated carbocycles. The summed E-state index contributed by atoms with van der Waals surface area (Å²) >= 11 is 11.8. The summed E-state index contributed by atoms with van der Waals surface area (Å²) in [4.78, 5) is 0. The molecule has 0 spiro atoms. The Labute approximate surface area is 111 Å². The summed E-state index contributed by atoms with van der Waals surface area (Å²) in [6, 6.07) is 5.01. The second kappa shape index (κ2) is 7.19. The number of halogens is 2. The predicted molar refractivity (Wildman–Crippen MR) is 70.5 cm³/mol. The maximum absolute atomic E-state index is 9.94. The van der Waals surface area contributed by atoms with Crippen molar-refractivity contribution in [3.63, 3.8) is 0 Å². The van der Waals surface area contributed by atoms with Gasteiger partial charge in [0.2, 0.25) is 0 Å². The molecule has 17 heavy (non-hydrogen) atoms. The Bertz CT molecular complexity index is 360. The fraction of sp³-hybridized carbons (Fsp3) is 0.500. The minimum atomic E-state index is -0.702. The molecule has 1 aromatic rings. The zero-order valence-electron chi connectivity index (χ0n) is 9.66. The van der Waals surface area contributed by atoms with Crippen molar-refractivity contribution in [2.45, 2.75) is 13.0 Å². The van der Waals surface area contributed by atoms with E-state index in [4.69, 9.17) is 28.3 Å². The largest absolute Gasteiger partial charge is 0.396 e. The van der Waals surface area contributed by atoms with E-state index < -0.39 is 6.10 Å². The molecule has 0 fully saturated rings. The van der Waals surface area contributed by atoms with Crippen LogP contribution >= 0.6 is 23.2 Å². The molecule has 2 unspecified atom stereocenters. The van der Waals surface area contributed by atoms with Gasteiger partial charge in [-0.3, -0.25) is 0 Å². The molecular weight excluding hydrogens is 261 g/mol. The van der Waals surface area contributed by atoms with Gasteiger partial charge in [-0.05, 0) is 30.7 Å². The number of aliphatic hydroxyl groups is 2. The molecule has 0 bridgehead atoms. The summed E-state index contributed by atoms with van der Waals surface area (Å²) in [6.07, 6.45) is -0.702. The molecule has 1 aromatic carbocycles. The monoisotopic (exact) mass is 277 g/mol. The van der Waals surface area contributed by atoms with Crippen LogP contribution in [0.4, 0.5) is 0 Å². The first-order chi connectivity index (χ1) is 8.04. The molecule has 5 heteroatoms. The molecule has 0 heterocycles. The van der Waals surface area contributed by atoms with E-state index in [1.807, 2.05) is 6.92 Å². The Morgan fingerprint density at radius 1 is 1.29 bits per heavy atom. The third-order valence-electron chi connectivity index (χ3n) is 2.46. The van der Waals surface area contributed by atoms with E-state index >= 15 is 0 Å².